The van der Waals surface area contributed by atoms with Crippen molar-refractivity contribution in [2.45, 2.75) is 20.8 Å². The van der Waals surface area contributed by atoms with Gasteiger partial charge in [-0.3, -0.25) is 0 Å². The molecule has 0 aliphatic heterocycles. The molecule has 0 bridgehead atoms. The zero-order valence-electron chi connectivity index (χ0n) is 15.3. The minimum absolute atomic E-state index is 0.987. The lowest BCUT2D eigenvalue weighted by molar-refractivity contribution is 1.29. The first-order chi connectivity index (χ1) is 12.2. The number of aromatic nitrogens is 2. The van der Waals surface area contributed by atoms with Gasteiger partial charge in [0.1, 0.15) is 0 Å². The van der Waals surface area contributed by atoms with Crippen molar-refractivity contribution < 1.29 is 0 Å². The van der Waals surface area contributed by atoms with E-state index in [0.717, 1.165) is 44.3 Å². The summed E-state index contributed by atoms with van der Waals surface area (Å²) in [7, 11) is 0. The van der Waals surface area contributed by atoms with Gasteiger partial charge in [0.25, 0.3) is 0 Å². The van der Waals surface area contributed by atoms with Crippen LogP contribution in [0.15, 0.2) is 38.0 Å². The van der Waals surface area contributed by atoms with Gasteiger partial charge in [0.05, 0.1) is 0 Å². The molecule has 2 aromatic rings. The van der Waals surface area contributed by atoms with E-state index in [0.29, 0.717) is 0 Å². The fourth-order valence-electron chi connectivity index (χ4n) is 3.11. The molecule has 0 saturated carbocycles. The maximum absolute atomic E-state index is 4.00. The zero-order valence-corrected chi connectivity index (χ0v) is 15.3. The summed E-state index contributed by atoms with van der Waals surface area (Å²) in [5, 5.41) is 2.16. The predicted octanol–water partition coefficient (Wildman–Crippen LogP) is 5.13. The molecule has 2 N–H and O–H groups in total. The molecule has 0 atom stereocenters. The first-order valence-electron chi connectivity index (χ1n) is 8.44. The molecule has 25 heavy (non-hydrogen) atoms. The summed E-state index contributed by atoms with van der Waals surface area (Å²) in [4.78, 5) is 6.93. The summed E-state index contributed by atoms with van der Waals surface area (Å²) in [5.74, 6) is 0. The Labute approximate surface area is 150 Å². The number of H-pyrrole nitrogens is 2. The second-order valence-electron chi connectivity index (χ2n) is 5.58. The third-order valence-corrected chi connectivity index (χ3v) is 4.09. The molecule has 0 spiro atoms. The topological polar surface area (TPSA) is 31.6 Å². The fourth-order valence-corrected chi connectivity index (χ4v) is 3.11. The van der Waals surface area contributed by atoms with Crippen LogP contribution >= 0.6 is 0 Å². The normalized spacial score (nSPS) is 13.2. The van der Waals surface area contributed by atoms with Crippen LogP contribution in [0.25, 0.3) is 47.6 Å². The van der Waals surface area contributed by atoms with Gasteiger partial charge in [0.15, 0.2) is 0 Å². The van der Waals surface area contributed by atoms with E-state index in [4.69, 9.17) is 0 Å². The van der Waals surface area contributed by atoms with Gasteiger partial charge >= 0.3 is 0 Å². The third kappa shape index (κ3) is 3.29. The van der Waals surface area contributed by atoms with Gasteiger partial charge in [-0.2, -0.15) is 0 Å². The second kappa shape index (κ2) is 8.20. The summed E-state index contributed by atoms with van der Waals surface area (Å²) in [5.41, 5.74) is 6.41. The van der Waals surface area contributed by atoms with Crippen molar-refractivity contribution >= 4 is 36.5 Å². The molecule has 0 radical (unpaired) electrons. The molecule has 0 aromatic carbocycles. The molecule has 128 valence electrons. The lowest BCUT2D eigenvalue weighted by atomic mass is 9.97. The van der Waals surface area contributed by atoms with E-state index in [1.54, 1.807) is 0 Å². The summed E-state index contributed by atoms with van der Waals surface area (Å²) in [6.07, 6.45) is 17.9. The number of rotatable bonds is 6. The van der Waals surface area contributed by atoms with Gasteiger partial charge in [-0.15, -0.1) is 0 Å². The third-order valence-electron chi connectivity index (χ3n) is 4.09. The molecule has 0 amide bonds. The number of hydrogen-bond acceptors (Lipinski definition) is 0. The molecular weight excluding hydrogens is 304 g/mol. The maximum Gasteiger partial charge on any atom is 0.0466 e. The number of aromatic amines is 2. The minimum atomic E-state index is 0.987. The predicted molar refractivity (Wildman–Crippen MR) is 114 cm³/mol. The average Bonchev–Trinajstić information content (AvgIpc) is 3.13. The molecule has 2 aromatic heterocycles. The lowest BCUT2D eigenvalue weighted by Gasteiger charge is -2.04. The summed E-state index contributed by atoms with van der Waals surface area (Å²) >= 11 is 0. The van der Waals surface area contributed by atoms with Crippen LogP contribution < -0.4 is 10.6 Å². The van der Waals surface area contributed by atoms with Crippen molar-refractivity contribution in [3.63, 3.8) is 0 Å². The monoisotopic (exact) mass is 330 g/mol. The smallest absolute Gasteiger partial charge is 0.0466 e. The molecule has 2 rings (SSSR count). The number of hydrogen-bond donors (Lipinski definition) is 2. The highest BCUT2D eigenvalue weighted by Gasteiger charge is 2.19. The van der Waals surface area contributed by atoms with E-state index in [9.17, 15) is 0 Å². The first-order valence-corrected chi connectivity index (χ1v) is 8.44. The van der Waals surface area contributed by atoms with Crippen LogP contribution in [-0.2, 0) is 0 Å². The van der Waals surface area contributed by atoms with Gasteiger partial charge in [0, 0.05) is 44.3 Å². The first kappa shape index (κ1) is 18.3. The van der Waals surface area contributed by atoms with Crippen LogP contribution in [0.1, 0.15) is 43.4 Å². The quantitative estimate of drug-likeness (QED) is 0.736. The van der Waals surface area contributed by atoms with E-state index in [1.807, 2.05) is 51.2 Å². The lowest BCUT2D eigenvalue weighted by Crippen LogP contribution is -2.23. The van der Waals surface area contributed by atoms with Crippen LogP contribution in [-0.4, -0.2) is 9.97 Å². The van der Waals surface area contributed by atoms with Gasteiger partial charge in [0.2, 0.25) is 0 Å². The summed E-state index contributed by atoms with van der Waals surface area (Å²) in [6.45, 7) is 17.9. The molecule has 0 fully saturated rings. The van der Waals surface area contributed by atoms with Crippen LogP contribution in [0.3, 0.4) is 0 Å². The Morgan fingerprint density at radius 2 is 1.40 bits per heavy atom. The van der Waals surface area contributed by atoms with Crippen molar-refractivity contribution in [3.05, 3.63) is 71.2 Å². The van der Waals surface area contributed by atoms with E-state index in [-0.39, 0.29) is 0 Å². The van der Waals surface area contributed by atoms with Crippen molar-refractivity contribution in [1.29, 1.82) is 0 Å². The highest BCUT2D eigenvalue weighted by molar-refractivity contribution is 5.90. The van der Waals surface area contributed by atoms with Crippen molar-refractivity contribution in [1.82, 2.24) is 9.97 Å². The Hall–Kier alpha value is -3.00. The highest BCUT2D eigenvalue weighted by atomic mass is 14.7. The van der Waals surface area contributed by atoms with Gasteiger partial charge in [-0.05, 0) is 39.0 Å². The Kier molecular flexibility index (Phi) is 6.02. The summed E-state index contributed by atoms with van der Waals surface area (Å²) in [6, 6.07) is 0. The minimum Gasteiger partial charge on any atom is -0.355 e. The van der Waals surface area contributed by atoms with Crippen LogP contribution in [0.2, 0.25) is 0 Å². The van der Waals surface area contributed by atoms with Gasteiger partial charge in [-0.1, -0.05) is 56.2 Å². The SMILES string of the molecule is C=C/C=c1/c(-c2c(C=C)[nH]c(/C=C\C)c2/C=C\C)c(C=C)[nH]/c1=C/C. The molecule has 0 saturated heterocycles. The van der Waals surface area contributed by atoms with E-state index >= 15 is 0 Å². The Bertz CT molecular complexity index is 972. The molecule has 2 heteroatoms. The summed E-state index contributed by atoms with van der Waals surface area (Å²) < 4.78 is 0. The number of allylic oxidation sites excluding steroid dienone is 3. The van der Waals surface area contributed by atoms with Crippen LogP contribution in [0.4, 0.5) is 0 Å². The Morgan fingerprint density at radius 3 is 1.92 bits per heavy atom. The Morgan fingerprint density at radius 1 is 0.760 bits per heavy atom. The standard InChI is InChI=1S/C23H26N2/c1-7-13-16-18(10-4)24-19(11-5)22(16)23-17(14-8-2)21(15-9-3)25-20(23)12-6/h7-15,24-25H,1,5-6H2,2-4H3/b14-8-,15-9-,16-13+,18-10+. The molecular formula is C23H26N2. The van der Waals surface area contributed by atoms with Gasteiger partial charge in [-0.25, -0.2) is 0 Å². The number of nitrogens with one attached hydrogen (secondary N) is 2. The van der Waals surface area contributed by atoms with E-state index in [1.165, 1.54) is 0 Å². The second-order valence-corrected chi connectivity index (χ2v) is 5.58. The molecule has 2 nitrogen and oxygen atoms in total. The molecule has 2 heterocycles. The van der Waals surface area contributed by atoms with Crippen molar-refractivity contribution in [3.8, 4) is 11.1 Å². The van der Waals surface area contributed by atoms with Crippen molar-refractivity contribution in [2.24, 2.45) is 0 Å². The molecule has 0 unspecified atom stereocenters. The fraction of sp³-hybridized carbons (Fsp3) is 0.130. The highest BCUT2D eigenvalue weighted by Crippen LogP contribution is 2.33. The van der Waals surface area contributed by atoms with Crippen molar-refractivity contribution in [2.75, 3.05) is 0 Å². The van der Waals surface area contributed by atoms with E-state index < -0.39 is 0 Å². The maximum atomic E-state index is 4.00. The average molecular weight is 330 g/mol. The van der Waals surface area contributed by atoms with Crippen LogP contribution in [0.5, 0.6) is 0 Å². The molecule has 0 aliphatic carbocycles. The van der Waals surface area contributed by atoms with Crippen LogP contribution in [0, 0.1) is 0 Å². The van der Waals surface area contributed by atoms with Gasteiger partial charge < -0.3 is 9.97 Å². The Balaban J connectivity index is 3.08. The van der Waals surface area contributed by atoms with E-state index in [2.05, 4.69) is 54.0 Å². The molecule has 0 aliphatic rings. The zero-order chi connectivity index (χ0) is 18.4. The largest absolute Gasteiger partial charge is 0.355 e.